The van der Waals surface area contributed by atoms with Gasteiger partial charge in [0.25, 0.3) is 0 Å². The average molecular weight is 241 g/mol. The number of nitrogens with one attached hydrogen (secondary N) is 1. The van der Waals surface area contributed by atoms with Crippen LogP contribution in [0, 0.1) is 10.5 Å². The largest absolute Gasteiger partial charge is 0.350 e. The Bertz CT molecular complexity index is 553. The van der Waals surface area contributed by atoms with Crippen LogP contribution in [0.5, 0.6) is 0 Å². The number of benzene rings is 1. The number of aromatic amines is 1. The summed E-state index contributed by atoms with van der Waals surface area (Å²) in [6, 6.07) is 4.40. The van der Waals surface area contributed by atoms with E-state index in [2.05, 4.69) is 9.97 Å². The lowest BCUT2D eigenvalue weighted by molar-refractivity contribution is 0.630. The Kier molecular flexibility index (Phi) is 2.79. The second-order valence-electron chi connectivity index (χ2n) is 2.89. The molecule has 0 saturated heterocycles. The maximum atomic E-state index is 13.5. The van der Waals surface area contributed by atoms with Crippen LogP contribution in [-0.2, 0) is 0 Å². The molecule has 0 amide bonds. The Morgan fingerprint density at radius 3 is 2.87 bits per heavy atom. The van der Waals surface area contributed by atoms with Crippen molar-refractivity contribution in [1.82, 2.24) is 9.97 Å². The summed E-state index contributed by atoms with van der Waals surface area (Å²) in [5.74, 6) is -0.430. The third-order valence-electron chi connectivity index (χ3n) is 1.89. The number of hydrogen-bond acceptors (Lipinski definition) is 2. The Balaban J connectivity index is 2.65. The Hall–Kier alpha value is -1.26. The highest BCUT2D eigenvalue weighted by Gasteiger charge is 2.08. The van der Waals surface area contributed by atoms with Crippen molar-refractivity contribution in [2.45, 2.75) is 0 Å². The highest BCUT2D eigenvalue weighted by atomic mass is 35.5. The number of aromatic nitrogens is 2. The highest BCUT2D eigenvalue weighted by Crippen LogP contribution is 2.23. The summed E-state index contributed by atoms with van der Waals surface area (Å²) in [4.78, 5) is 6.81. The molecular weight excluding hydrogens is 235 g/mol. The predicted molar refractivity (Wildman–Crippen MR) is 59.8 cm³/mol. The first-order valence-electron chi connectivity index (χ1n) is 4.17. The van der Waals surface area contributed by atoms with Crippen LogP contribution < -0.4 is 0 Å². The van der Waals surface area contributed by atoms with Crippen LogP contribution in [0.2, 0.25) is 5.02 Å². The van der Waals surface area contributed by atoms with Gasteiger partial charge in [0, 0.05) is 23.0 Å². The molecule has 0 spiro atoms. The second-order valence-corrected chi connectivity index (χ2v) is 3.74. The van der Waals surface area contributed by atoms with Crippen LogP contribution in [0.15, 0.2) is 30.6 Å². The van der Waals surface area contributed by atoms with Gasteiger partial charge in [-0.1, -0.05) is 23.8 Å². The molecule has 0 atom stereocenters. The van der Waals surface area contributed by atoms with Gasteiger partial charge in [-0.2, -0.15) is 0 Å². The highest BCUT2D eigenvalue weighted by molar-refractivity contribution is 7.71. The molecule has 0 aliphatic carbocycles. The fourth-order valence-electron chi connectivity index (χ4n) is 1.23. The van der Waals surface area contributed by atoms with E-state index in [0.29, 0.717) is 20.9 Å². The van der Waals surface area contributed by atoms with Crippen LogP contribution in [0.3, 0.4) is 0 Å². The van der Waals surface area contributed by atoms with Crippen LogP contribution in [-0.4, -0.2) is 9.97 Å². The fourth-order valence-corrected chi connectivity index (χ4v) is 1.61. The number of hydrogen-bond donors (Lipinski definition) is 1. The molecule has 0 unspecified atom stereocenters. The van der Waals surface area contributed by atoms with Crippen molar-refractivity contribution in [2.75, 3.05) is 0 Å². The van der Waals surface area contributed by atoms with Crippen LogP contribution in [0.4, 0.5) is 4.39 Å². The molecule has 5 heteroatoms. The molecule has 0 radical (unpaired) electrons. The Labute approximate surface area is 95.8 Å². The first-order chi connectivity index (χ1) is 7.18. The van der Waals surface area contributed by atoms with Crippen LogP contribution >= 0.6 is 23.8 Å². The molecule has 0 aliphatic rings. The molecule has 1 heterocycles. The molecule has 2 rings (SSSR count). The molecule has 0 bridgehead atoms. The minimum absolute atomic E-state index is 0.348. The zero-order valence-electron chi connectivity index (χ0n) is 7.50. The zero-order valence-corrected chi connectivity index (χ0v) is 9.07. The van der Waals surface area contributed by atoms with E-state index in [-0.39, 0.29) is 0 Å². The lowest BCUT2D eigenvalue weighted by atomic mass is 10.1. The summed E-state index contributed by atoms with van der Waals surface area (Å²) in [5.41, 5.74) is 0.767. The van der Waals surface area contributed by atoms with Gasteiger partial charge in [-0.3, -0.25) is 4.98 Å². The summed E-state index contributed by atoms with van der Waals surface area (Å²) >= 11 is 10.7. The van der Waals surface area contributed by atoms with E-state index in [0.717, 1.165) is 0 Å². The van der Waals surface area contributed by atoms with E-state index in [1.165, 1.54) is 12.3 Å². The number of rotatable bonds is 1. The minimum Gasteiger partial charge on any atom is -0.350 e. The third-order valence-corrected chi connectivity index (χ3v) is 2.44. The van der Waals surface area contributed by atoms with E-state index >= 15 is 0 Å². The van der Waals surface area contributed by atoms with Gasteiger partial charge in [0.1, 0.15) is 16.2 Å². The van der Waals surface area contributed by atoms with Gasteiger partial charge < -0.3 is 4.98 Å². The summed E-state index contributed by atoms with van der Waals surface area (Å²) in [7, 11) is 0. The fraction of sp³-hybridized carbons (Fsp3) is 0. The lowest BCUT2D eigenvalue weighted by Crippen LogP contribution is -1.90. The van der Waals surface area contributed by atoms with Crippen LogP contribution in [0.25, 0.3) is 11.3 Å². The van der Waals surface area contributed by atoms with Crippen molar-refractivity contribution in [3.63, 3.8) is 0 Å². The molecule has 0 aliphatic heterocycles. The van der Waals surface area contributed by atoms with Crippen molar-refractivity contribution < 1.29 is 4.39 Å². The maximum absolute atomic E-state index is 13.5. The monoisotopic (exact) mass is 240 g/mol. The molecule has 2 aromatic rings. The van der Waals surface area contributed by atoms with Crippen molar-refractivity contribution >= 4 is 23.8 Å². The number of H-pyrrole nitrogens is 1. The molecule has 15 heavy (non-hydrogen) atoms. The second kappa shape index (κ2) is 4.08. The smallest absolute Gasteiger partial charge is 0.134 e. The van der Waals surface area contributed by atoms with Crippen molar-refractivity contribution in [3.05, 3.63) is 46.1 Å². The quantitative estimate of drug-likeness (QED) is 0.772. The van der Waals surface area contributed by atoms with Gasteiger partial charge in [0.2, 0.25) is 0 Å². The van der Waals surface area contributed by atoms with Gasteiger partial charge in [-0.05, 0) is 18.2 Å². The first kappa shape index (κ1) is 10.3. The van der Waals surface area contributed by atoms with Crippen molar-refractivity contribution in [3.8, 4) is 11.3 Å². The average Bonchev–Trinajstić information content (AvgIpc) is 2.20. The van der Waals surface area contributed by atoms with Gasteiger partial charge in [0.05, 0.1) is 0 Å². The molecule has 76 valence electrons. The zero-order chi connectivity index (χ0) is 10.8. The summed E-state index contributed by atoms with van der Waals surface area (Å²) in [6.07, 6.45) is 3.12. The maximum Gasteiger partial charge on any atom is 0.134 e. The number of halogens is 2. The van der Waals surface area contributed by atoms with E-state index in [1.807, 2.05) is 0 Å². The lowest BCUT2D eigenvalue weighted by Gasteiger charge is -2.02. The Morgan fingerprint density at radius 2 is 2.20 bits per heavy atom. The van der Waals surface area contributed by atoms with E-state index < -0.39 is 5.82 Å². The minimum atomic E-state index is -0.430. The molecule has 0 fully saturated rings. The summed E-state index contributed by atoms with van der Waals surface area (Å²) < 4.78 is 13.9. The van der Waals surface area contributed by atoms with E-state index in [4.69, 9.17) is 23.8 Å². The summed E-state index contributed by atoms with van der Waals surface area (Å²) in [6.45, 7) is 0. The van der Waals surface area contributed by atoms with Gasteiger partial charge in [0.15, 0.2) is 0 Å². The molecule has 0 saturated carbocycles. The molecule has 1 N–H and O–H groups in total. The first-order valence-corrected chi connectivity index (χ1v) is 4.96. The van der Waals surface area contributed by atoms with Gasteiger partial charge in [-0.25, -0.2) is 4.39 Å². The van der Waals surface area contributed by atoms with Crippen LogP contribution in [0.1, 0.15) is 0 Å². The molecule has 1 aromatic carbocycles. The molecule has 1 aromatic heterocycles. The molecule has 2 nitrogen and oxygen atoms in total. The summed E-state index contributed by atoms with van der Waals surface area (Å²) in [5, 5.41) is 0.349. The van der Waals surface area contributed by atoms with Gasteiger partial charge in [-0.15, -0.1) is 0 Å². The topological polar surface area (TPSA) is 28.7 Å². The van der Waals surface area contributed by atoms with Crippen molar-refractivity contribution in [1.29, 1.82) is 0 Å². The number of nitrogens with zero attached hydrogens (tertiary/aromatic N) is 1. The van der Waals surface area contributed by atoms with E-state index in [1.54, 1.807) is 18.3 Å². The van der Waals surface area contributed by atoms with E-state index in [9.17, 15) is 4.39 Å². The molecular formula is C10H6ClFN2S. The predicted octanol–water partition coefficient (Wildman–Crippen LogP) is 3.60. The van der Waals surface area contributed by atoms with Gasteiger partial charge >= 0.3 is 0 Å². The third kappa shape index (κ3) is 2.06. The van der Waals surface area contributed by atoms with Crippen molar-refractivity contribution in [2.24, 2.45) is 0 Å². The standard InChI is InChI=1S/C10H6ClFN2S/c11-6-1-2-7(8(12)5-6)9-10(15)14-4-3-13-9/h1-5H,(H,14,15). The normalized spacial score (nSPS) is 10.3. The SMILES string of the molecule is Fc1cc(Cl)ccc1-c1ncc[nH]c1=S. The Morgan fingerprint density at radius 1 is 1.40 bits per heavy atom.